The maximum Gasteiger partial charge on any atom is 0.331 e. The Morgan fingerprint density at radius 3 is 3.00 bits per heavy atom. The van der Waals surface area contributed by atoms with Crippen molar-refractivity contribution in [3.63, 3.8) is 0 Å². The number of hydrogen-bond donors (Lipinski definition) is 1. The molecule has 92 valence electrons. The minimum atomic E-state index is -0.384. The molecule has 1 heterocycles. The number of hydrogen-bond acceptors (Lipinski definition) is 3. The number of nitrogens with zero attached hydrogens (tertiary/aromatic N) is 1. The van der Waals surface area contributed by atoms with Crippen molar-refractivity contribution in [1.29, 1.82) is 0 Å². The smallest absolute Gasteiger partial charge is 0.331 e. The number of benzene rings is 1. The SMILES string of the molecule is CC(=O)O/N=C1/CCCc2c1[nH]c1ccccc21. The van der Waals surface area contributed by atoms with E-state index in [2.05, 4.69) is 22.3 Å². The van der Waals surface area contributed by atoms with Crippen LogP contribution in [-0.2, 0) is 16.1 Å². The molecule has 1 aromatic heterocycles. The summed E-state index contributed by atoms with van der Waals surface area (Å²) in [6.07, 6.45) is 2.92. The summed E-state index contributed by atoms with van der Waals surface area (Å²) in [5.74, 6) is -0.384. The minimum Gasteiger partial charge on any atom is -0.353 e. The van der Waals surface area contributed by atoms with Crippen LogP contribution in [0.15, 0.2) is 29.4 Å². The van der Waals surface area contributed by atoms with Gasteiger partial charge in [0.15, 0.2) is 0 Å². The summed E-state index contributed by atoms with van der Waals surface area (Å²) in [6.45, 7) is 1.36. The standard InChI is InChI=1S/C14H14N2O2/c1-9(17)18-16-13-8-4-6-11-10-5-2-3-7-12(10)15-14(11)13/h2-3,5,7,15H,4,6,8H2,1H3/b16-13-. The third-order valence-electron chi connectivity index (χ3n) is 3.23. The van der Waals surface area contributed by atoms with E-state index in [4.69, 9.17) is 4.84 Å². The lowest BCUT2D eigenvalue weighted by Gasteiger charge is -2.13. The predicted molar refractivity (Wildman–Crippen MR) is 69.5 cm³/mol. The lowest BCUT2D eigenvalue weighted by Crippen LogP contribution is -2.12. The van der Waals surface area contributed by atoms with E-state index >= 15 is 0 Å². The van der Waals surface area contributed by atoms with Crippen LogP contribution >= 0.6 is 0 Å². The fourth-order valence-corrected chi connectivity index (χ4v) is 2.47. The van der Waals surface area contributed by atoms with E-state index in [-0.39, 0.29) is 5.97 Å². The molecule has 0 saturated heterocycles. The number of para-hydroxylation sites is 1. The Balaban J connectivity index is 2.10. The van der Waals surface area contributed by atoms with Gasteiger partial charge in [-0.25, -0.2) is 4.79 Å². The van der Waals surface area contributed by atoms with Crippen LogP contribution in [-0.4, -0.2) is 16.7 Å². The Morgan fingerprint density at radius 1 is 1.33 bits per heavy atom. The number of aromatic amines is 1. The number of carbonyl (C=O) groups is 1. The molecule has 1 N–H and O–H groups in total. The molecule has 1 aromatic carbocycles. The molecule has 0 bridgehead atoms. The molecule has 3 rings (SSSR count). The van der Waals surface area contributed by atoms with Gasteiger partial charge in [-0.15, -0.1) is 0 Å². The van der Waals surface area contributed by atoms with Gasteiger partial charge >= 0.3 is 5.97 Å². The van der Waals surface area contributed by atoms with Gasteiger partial charge in [0.1, 0.15) is 5.71 Å². The van der Waals surface area contributed by atoms with Crippen molar-refractivity contribution in [2.75, 3.05) is 0 Å². The minimum absolute atomic E-state index is 0.384. The molecule has 0 amide bonds. The van der Waals surface area contributed by atoms with Gasteiger partial charge in [0, 0.05) is 17.8 Å². The first-order chi connectivity index (χ1) is 8.75. The average molecular weight is 242 g/mol. The molecule has 0 atom stereocenters. The van der Waals surface area contributed by atoms with E-state index in [1.807, 2.05) is 12.1 Å². The highest BCUT2D eigenvalue weighted by atomic mass is 16.7. The molecule has 4 nitrogen and oxygen atoms in total. The van der Waals surface area contributed by atoms with Gasteiger partial charge < -0.3 is 9.82 Å². The van der Waals surface area contributed by atoms with Gasteiger partial charge in [0.25, 0.3) is 0 Å². The van der Waals surface area contributed by atoms with E-state index < -0.39 is 0 Å². The first-order valence-electron chi connectivity index (χ1n) is 6.10. The van der Waals surface area contributed by atoms with Crippen LogP contribution in [0.4, 0.5) is 0 Å². The van der Waals surface area contributed by atoms with E-state index in [1.165, 1.54) is 17.9 Å². The highest BCUT2D eigenvalue weighted by Crippen LogP contribution is 2.29. The molecule has 0 spiro atoms. The lowest BCUT2D eigenvalue weighted by atomic mass is 9.94. The molecule has 1 aliphatic carbocycles. The number of aromatic nitrogens is 1. The monoisotopic (exact) mass is 242 g/mol. The molecule has 0 unspecified atom stereocenters. The molecule has 1 aliphatic rings. The lowest BCUT2D eigenvalue weighted by molar-refractivity contribution is -0.140. The van der Waals surface area contributed by atoms with E-state index in [0.717, 1.165) is 36.2 Å². The second-order valence-electron chi connectivity index (χ2n) is 4.50. The van der Waals surface area contributed by atoms with Crippen molar-refractivity contribution >= 4 is 22.6 Å². The zero-order valence-corrected chi connectivity index (χ0v) is 10.2. The van der Waals surface area contributed by atoms with Crippen molar-refractivity contribution in [3.05, 3.63) is 35.5 Å². The third-order valence-corrected chi connectivity index (χ3v) is 3.23. The molecule has 0 aliphatic heterocycles. The zero-order valence-electron chi connectivity index (χ0n) is 10.2. The summed E-state index contributed by atoms with van der Waals surface area (Å²) in [5, 5.41) is 5.19. The van der Waals surface area contributed by atoms with Crippen molar-refractivity contribution in [1.82, 2.24) is 4.98 Å². The Bertz CT molecular complexity index is 640. The number of carbonyl (C=O) groups excluding carboxylic acids is 1. The van der Waals surface area contributed by atoms with Crippen molar-refractivity contribution < 1.29 is 9.63 Å². The Kier molecular flexibility index (Phi) is 2.63. The number of aryl methyl sites for hydroxylation is 1. The van der Waals surface area contributed by atoms with E-state index in [0.29, 0.717) is 0 Å². The van der Waals surface area contributed by atoms with Crippen LogP contribution in [0.5, 0.6) is 0 Å². The highest BCUT2D eigenvalue weighted by molar-refractivity contribution is 6.06. The number of nitrogens with one attached hydrogen (secondary N) is 1. The Morgan fingerprint density at radius 2 is 2.17 bits per heavy atom. The maximum atomic E-state index is 10.8. The van der Waals surface area contributed by atoms with Crippen LogP contribution < -0.4 is 0 Å². The summed E-state index contributed by atoms with van der Waals surface area (Å²) in [7, 11) is 0. The van der Waals surface area contributed by atoms with Crippen LogP contribution in [0, 0.1) is 0 Å². The summed E-state index contributed by atoms with van der Waals surface area (Å²) in [6, 6.07) is 8.21. The first kappa shape index (κ1) is 11.0. The average Bonchev–Trinajstić information content (AvgIpc) is 2.75. The van der Waals surface area contributed by atoms with Crippen LogP contribution in [0.2, 0.25) is 0 Å². The zero-order chi connectivity index (χ0) is 12.5. The topological polar surface area (TPSA) is 54.4 Å². The van der Waals surface area contributed by atoms with E-state index in [1.54, 1.807) is 0 Å². The fourth-order valence-electron chi connectivity index (χ4n) is 2.47. The first-order valence-corrected chi connectivity index (χ1v) is 6.10. The summed E-state index contributed by atoms with van der Waals surface area (Å²) in [5.41, 5.74) is 4.24. The maximum absolute atomic E-state index is 10.8. The van der Waals surface area contributed by atoms with Crippen LogP contribution in [0.1, 0.15) is 31.0 Å². The van der Waals surface area contributed by atoms with Gasteiger partial charge in [-0.3, -0.25) is 0 Å². The second kappa shape index (κ2) is 4.29. The van der Waals surface area contributed by atoms with Crippen molar-refractivity contribution in [2.24, 2.45) is 5.16 Å². The third kappa shape index (κ3) is 1.79. The van der Waals surface area contributed by atoms with Crippen molar-refractivity contribution in [2.45, 2.75) is 26.2 Å². The fraction of sp³-hybridized carbons (Fsp3) is 0.286. The van der Waals surface area contributed by atoms with E-state index in [9.17, 15) is 4.79 Å². The molecule has 4 heteroatoms. The van der Waals surface area contributed by atoms with Crippen molar-refractivity contribution in [3.8, 4) is 0 Å². The number of H-pyrrole nitrogens is 1. The quantitative estimate of drug-likeness (QED) is 0.617. The van der Waals surface area contributed by atoms with Gasteiger partial charge in [-0.2, -0.15) is 0 Å². The molecule has 18 heavy (non-hydrogen) atoms. The van der Waals surface area contributed by atoms with Gasteiger partial charge in [-0.05, 0) is 30.9 Å². The molecular weight excluding hydrogens is 228 g/mol. The molecule has 0 fully saturated rings. The van der Waals surface area contributed by atoms with Crippen LogP contribution in [0.3, 0.4) is 0 Å². The van der Waals surface area contributed by atoms with Gasteiger partial charge in [-0.1, -0.05) is 23.4 Å². The molecule has 0 saturated carbocycles. The van der Waals surface area contributed by atoms with Crippen LogP contribution in [0.25, 0.3) is 10.9 Å². The number of fused-ring (bicyclic) bond motifs is 3. The largest absolute Gasteiger partial charge is 0.353 e. The molecule has 2 aromatic rings. The summed E-state index contributed by atoms with van der Waals surface area (Å²) >= 11 is 0. The normalized spacial score (nSPS) is 16.8. The summed E-state index contributed by atoms with van der Waals surface area (Å²) < 4.78 is 0. The number of oxime groups is 1. The Hall–Kier alpha value is -2.10. The Labute approximate surface area is 105 Å². The molecule has 0 radical (unpaired) electrons. The second-order valence-corrected chi connectivity index (χ2v) is 4.50. The number of rotatable bonds is 1. The summed E-state index contributed by atoms with van der Waals surface area (Å²) in [4.78, 5) is 19.0. The van der Waals surface area contributed by atoms with Gasteiger partial charge in [0.05, 0.1) is 5.69 Å². The highest BCUT2D eigenvalue weighted by Gasteiger charge is 2.20. The van der Waals surface area contributed by atoms with Gasteiger partial charge in [0.2, 0.25) is 0 Å². The molecular formula is C14H14N2O2. The predicted octanol–water partition coefficient (Wildman–Crippen LogP) is 2.77.